The zero-order valence-corrected chi connectivity index (χ0v) is 14.7. The molecule has 0 radical (unpaired) electrons. The number of methoxy groups -OCH3 is 1. The fourth-order valence-corrected chi connectivity index (χ4v) is 2.38. The van der Waals surface area contributed by atoms with Crippen molar-refractivity contribution < 1.29 is 14.3 Å². The fourth-order valence-electron chi connectivity index (χ4n) is 2.38. The van der Waals surface area contributed by atoms with Crippen LogP contribution in [0.15, 0.2) is 36.7 Å². The summed E-state index contributed by atoms with van der Waals surface area (Å²) in [6.07, 6.45) is 3.33. The van der Waals surface area contributed by atoms with Crippen LogP contribution in [0.4, 0.5) is 11.6 Å². The van der Waals surface area contributed by atoms with E-state index in [-0.39, 0.29) is 12.3 Å². The first kappa shape index (κ1) is 17.4. The molecule has 0 saturated carbocycles. The largest absolute Gasteiger partial charge is 0.496 e. The summed E-state index contributed by atoms with van der Waals surface area (Å²) in [5.74, 6) is 1.18. The van der Waals surface area contributed by atoms with Crippen LogP contribution in [0.3, 0.4) is 0 Å². The third-order valence-electron chi connectivity index (χ3n) is 3.56. The summed E-state index contributed by atoms with van der Waals surface area (Å²) in [5.41, 5.74) is 2.65. The number of carbonyl (C=O) groups excluding carboxylic acids is 1. The predicted octanol–water partition coefficient (Wildman–Crippen LogP) is 3.10. The molecule has 2 heterocycles. The van der Waals surface area contributed by atoms with E-state index in [1.807, 2.05) is 31.3 Å². The van der Waals surface area contributed by atoms with Crippen LogP contribution < -0.4 is 10.1 Å². The minimum atomic E-state index is -0.487. The molecule has 2 N–H and O–H groups in total. The Morgan fingerprint density at radius 2 is 2.12 bits per heavy atom. The van der Waals surface area contributed by atoms with Crippen LogP contribution in [0.25, 0.3) is 11.4 Å². The molecule has 8 nitrogen and oxygen atoms in total. The van der Waals surface area contributed by atoms with Gasteiger partial charge in [-0.05, 0) is 32.0 Å². The molecule has 3 aromatic rings. The van der Waals surface area contributed by atoms with Crippen LogP contribution in [-0.2, 0) is 4.74 Å². The number of rotatable bonds is 6. The van der Waals surface area contributed by atoms with Gasteiger partial charge in [-0.15, -0.1) is 0 Å². The first-order valence-corrected chi connectivity index (χ1v) is 8.08. The van der Waals surface area contributed by atoms with E-state index in [1.54, 1.807) is 14.0 Å². The Bertz CT molecular complexity index is 923. The van der Waals surface area contributed by atoms with E-state index in [2.05, 4.69) is 25.3 Å². The van der Waals surface area contributed by atoms with Crippen LogP contribution in [0.5, 0.6) is 5.75 Å². The Kier molecular flexibility index (Phi) is 5.12. The van der Waals surface area contributed by atoms with Crippen molar-refractivity contribution in [2.24, 2.45) is 0 Å². The van der Waals surface area contributed by atoms with E-state index in [9.17, 15) is 4.79 Å². The molecule has 0 spiro atoms. The van der Waals surface area contributed by atoms with Crippen LogP contribution in [0, 0.1) is 6.92 Å². The molecule has 1 aromatic carbocycles. The number of anilines is 2. The van der Waals surface area contributed by atoms with Gasteiger partial charge >= 0.3 is 5.97 Å². The number of nitrogens with zero attached hydrogens (tertiary/aromatic N) is 3. The van der Waals surface area contributed by atoms with Crippen LogP contribution in [-0.4, -0.2) is 39.6 Å². The third kappa shape index (κ3) is 3.80. The second kappa shape index (κ2) is 7.64. The maximum atomic E-state index is 11.8. The van der Waals surface area contributed by atoms with Gasteiger partial charge in [0.05, 0.1) is 25.0 Å². The molecule has 2 aromatic heterocycles. The van der Waals surface area contributed by atoms with Crippen molar-refractivity contribution in [2.45, 2.75) is 13.8 Å². The minimum Gasteiger partial charge on any atom is -0.496 e. The average Bonchev–Trinajstić information content (AvgIpc) is 3.08. The SMILES string of the molecule is CCOC(=O)c1ccnc(Nc2ccc(-c3nc(C)c[nH]3)c(OC)c2)n1. The molecule has 0 atom stereocenters. The Morgan fingerprint density at radius 1 is 1.27 bits per heavy atom. The zero-order chi connectivity index (χ0) is 18.5. The van der Waals surface area contributed by atoms with Crippen molar-refractivity contribution in [1.29, 1.82) is 0 Å². The number of aromatic nitrogens is 4. The summed E-state index contributed by atoms with van der Waals surface area (Å²) in [5, 5.41) is 3.06. The number of esters is 1. The smallest absolute Gasteiger partial charge is 0.357 e. The molecule has 0 amide bonds. The lowest BCUT2D eigenvalue weighted by molar-refractivity contribution is 0.0519. The molecule has 0 unspecified atom stereocenters. The maximum Gasteiger partial charge on any atom is 0.357 e. The van der Waals surface area contributed by atoms with Gasteiger partial charge in [-0.1, -0.05) is 0 Å². The Hall–Kier alpha value is -3.42. The van der Waals surface area contributed by atoms with Crippen LogP contribution in [0.2, 0.25) is 0 Å². The molecular formula is C18H19N5O3. The summed E-state index contributed by atoms with van der Waals surface area (Å²) in [6.45, 7) is 3.94. The van der Waals surface area contributed by atoms with Crippen molar-refractivity contribution in [2.75, 3.05) is 19.0 Å². The molecule has 0 aliphatic rings. The number of nitrogens with one attached hydrogen (secondary N) is 2. The van der Waals surface area contributed by atoms with E-state index in [4.69, 9.17) is 9.47 Å². The number of carbonyl (C=O) groups is 1. The first-order chi connectivity index (χ1) is 12.6. The van der Waals surface area contributed by atoms with Crippen LogP contribution >= 0.6 is 0 Å². The van der Waals surface area contributed by atoms with Gasteiger partial charge in [-0.25, -0.2) is 19.7 Å². The molecule has 0 fully saturated rings. The fraction of sp³-hybridized carbons (Fsp3) is 0.222. The van der Waals surface area contributed by atoms with Gasteiger partial charge in [0.25, 0.3) is 0 Å². The molecule has 26 heavy (non-hydrogen) atoms. The average molecular weight is 353 g/mol. The highest BCUT2D eigenvalue weighted by Crippen LogP contribution is 2.31. The highest BCUT2D eigenvalue weighted by atomic mass is 16.5. The van der Waals surface area contributed by atoms with E-state index >= 15 is 0 Å². The molecule has 8 heteroatoms. The summed E-state index contributed by atoms with van der Waals surface area (Å²) in [4.78, 5) is 27.6. The first-order valence-electron chi connectivity index (χ1n) is 8.08. The van der Waals surface area contributed by atoms with Gasteiger partial charge in [0, 0.05) is 24.1 Å². The van der Waals surface area contributed by atoms with Gasteiger partial charge in [-0.2, -0.15) is 0 Å². The summed E-state index contributed by atoms with van der Waals surface area (Å²) in [7, 11) is 1.59. The third-order valence-corrected chi connectivity index (χ3v) is 3.56. The Balaban J connectivity index is 1.84. The molecule has 0 bridgehead atoms. The second-order valence-corrected chi connectivity index (χ2v) is 5.42. The standard InChI is InChI=1S/C18H19N5O3/c1-4-26-17(24)14-7-8-19-18(23-14)22-12-5-6-13(15(9-12)25-3)16-20-10-11(2)21-16/h5-10H,4H2,1-3H3,(H,20,21)(H,19,22,23). The molecule has 0 aliphatic carbocycles. The monoisotopic (exact) mass is 353 g/mol. The van der Waals surface area contributed by atoms with Gasteiger partial charge in [0.15, 0.2) is 5.69 Å². The molecule has 134 valence electrons. The topological polar surface area (TPSA) is 102 Å². The number of imidazole rings is 1. The quantitative estimate of drug-likeness (QED) is 0.656. The molecule has 3 rings (SSSR count). The van der Waals surface area contributed by atoms with E-state index in [0.29, 0.717) is 11.7 Å². The summed E-state index contributed by atoms with van der Waals surface area (Å²) >= 11 is 0. The van der Waals surface area contributed by atoms with Crippen molar-refractivity contribution in [3.05, 3.63) is 48.0 Å². The van der Waals surface area contributed by atoms with Gasteiger partial charge in [0.2, 0.25) is 5.95 Å². The summed E-state index contributed by atoms with van der Waals surface area (Å²) in [6, 6.07) is 7.06. The second-order valence-electron chi connectivity index (χ2n) is 5.42. The van der Waals surface area contributed by atoms with Crippen molar-refractivity contribution in [3.8, 4) is 17.1 Å². The number of benzene rings is 1. The van der Waals surface area contributed by atoms with E-state index in [0.717, 1.165) is 22.8 Å². The van der Waals surface area contributed by atoms with Crippen LogP contribution in [0.1, 0.15) is 23.1 Å². The van der Waals surface area contributed by atoms with E-state index in [1.165, 1.54) is 12.3 Å². The number of H-pyrrole nitrogens is 1. The number of hydrogen-bond donors (Lipinski definition) is 2. The minimum absolute atomic E-state index is 0.194. The highest BCUT2D eigenvalue weighted by molar-refractivity contribution is 5.87. The maximum absolute atomic E-state index is 11.8. The predicted molar refractivity (Wildman–Crippen MR) is 96.6 cm³/mol. The zero-order valence-electron chi connectivity index (χ0n) is 14.7. The van der Waals surface area contributed by atoms with E-state index < -0.39 is 5.97 Å². The lowest BCUT2D eigenvalue weighted by Crippen LogP contribution is -2.09. The van der Waals surface area contributed by atoms with Crippen molar-refractivity contribution in [3.63, 3.8) is 0 Å². The Morgan fingerprint density at radius 3 is 2.81 bits per heavy atom. The van der Waals surface area contributed by atoms with Gasteiger partial charge in [-0.3, -0.25) is 0 Å². The van der Waals surface area contributed by atoms with Gasteiger partial charge < -0.3 is 19.8 Å². The molecule has 0 aliphatic heterocycles. The Labute approximate surface area is 150 Å². The highest BCUT2D eigenvalue weighted by Gasteiger charge is 2.12. The molecular weight excluding hydrogens is 334 g/mol. The number of hydrogen-bond acceptors (Lipinski definition) is 7. The lowest BCUT2D eigenvalue weighted by Gasteiger charge is -2.10. The molecule has 0 saturated heterocycles. The van der Waals surface area contributed by atoms with Gasteiger partial charge in [0.1, 0.15) is 11.6 Å². The lowest BCUT2D eigenvalue weighted by atomic mass is 10.1. The normalized spacial score (nSPS) is 10.4. The number of aromatic amines is 1. The number of aryl methyl sites for hydroxylation is 1. The summed E-state index contributed by atoms with van der Waals surface area (Å²) < 4.78 is 10.4. The van der Waals surface area contributed by atoms with Crippen molar-refractivity contribution in [1.82, 2.24) is 19.9 Å². The van der Waals surface area contributed by atoms with Crippen molar-refractivity contribution >= 4 is 17.6 Å². The number of ether oxygens (including phenoxy) is 2.